The van der Waals surface area contributed by atoms with Crippen LogP contribution in [0.15, 0.2) is 47.4 Å². The zero-order chi connectivity index (χ0) is 15.6. The van der Waals surface area contributed by atoms with Crippen LogP contribution in [0.1, 0.15) is 0 Å². The summed E-state index contributed by atoms with van der Waals surface area (Å²) in [5.74, 6) is -1.72. The standard InChI is InChI=1S/C12H7F2N2O4S/c13-8-1-4-10(5-2-8)21(19,20)15-9-3-6-11(14)12(7-9)16(17)18/h1-7H/q-1. The van der Waals surface area contributed by atoms with Gasteiger partial charge in [0.05, 0.1) is 9.82 Å². The third kappa shape index (κ3) is 3.31. The summed E-state index contributed by atoms with van der Waals surface area (Å²) < 4.78 is 53.1. The number of nitro groups is 1. The highest BCUT2D eigenvalue weighted by molar-refractivity contribution is 7.94. The minimum atomic E-state index is -4.17. The SMILES string of the molecule is O=[N+]([O-])c1cc([N-]S(=O)(=O)c2ccc(F)cc2)ccc1F. The summed E-state index contributed by atoms with van der Waals surface area (Å²) in [7, 11) is -4.17. The van der Waals surface area contributed by atoms with E-state index in [2.05, 4.69) is 4.72 Å². The minimum Gasteiger partial charge on any atom is -0.573 e. The van der Waals surface area contributed by atoms with E-state index in [0.29, 0.717) is 6.07 Å². The molecule has 6 nitrogen and oxygen atoms in total. The lowest BCUT2D eigenvalue weighted by Gasteiger charge is -2.21. The zero-order valence-electron chi connectivity index (χ0n) is 10.2. The molecule has 110 valence electrons. The first-order valence-electron chi connectivity index (χ1n) is 5.47. The van der Waals surface area contributed by atoms with Crippen molar-refractivity contribution >= 4 is 21.4 Å². The third-order valence-corrected chi connectivity index (χ3v) is 3.78. The molecule has 0 unspecified atom stereocenters. The average Bonchev–Trinajstić information content (AvgIpc) is 2.41. The smallest absolute Gasteiger partial charge is 0.303 e. The van der Waals surface area contributed by atoms with Crippen LogP contribution in [0.5, 0.6) is 0 Å². The number of halogens is 2. The number of benzene rings is 2. The fraction of sp³-hybridized carbons (Fsp3) is 0. The number of nitro benzene ring substituents is 1. The number of hydrogen-bond acceptors (Lipinski definition) is 4. The Bertz CT molecular complexity index is 791. The van der Waals surface area contributed by atoms with Crippen LogP contribution in [0.2, 0.25) is 0 Å². The molecule has 0 spiro atoms. The van der Waals surface area contributed by atoms with Crippen molar-refractivity contribution in [1.29, 1.82) is 0 Å². The van der Waals surface area contributed by atoms with Gasteiger partial charge in [-0.1, -0.05) is 6.07 Å². The molecule has 0 N–H and O–H groups in total. The zero-order valence-corrected chi connectivity index (χ0v) is 11.0. The molecule has 0 aliphatic rings. The van der Waals surface area contributed by atoms with Gasteiger partial charge in [-0.25, -0.2) is 12.8 Å². The van der Waals surface area contributed by atoms with Gasteiger partial charge in [-0.05, 0) is 30.3 Å². The maximum Gasteiger partial charge on any atom is 0.303 e. The van der Waals surface area contributed by atoms with Crippen LogP contribution in [-0.2, 0) is 10.0 Å². The van der Waals surface area contributed by atoms with E-state index in [1.165, 1.54) is 0 Å². The lowest BCUT2D eigenvalue weighted by molar-refractivity contribution is -0.387. The van der Waals surface area contributed by atoms with Crippen LogP contribution in [0.3, 0.4) is 0 Å². The highest BCUT2D eigenvalue weighted by Crippen LogP contribution is 2.31. The lowest BCUT2D eigenvalue weighted by Crippen LogP contribution is -1.98. The van der Waals surface area contributed by atoms with Gasteiger partial charge in [0.25, 0.3) is 0 Å². The van der Waals surface area contributed by atoms with E-state index in [9.17, 15) is 27.3 Å². The first-order valence-corrected chi connectivity index (χ1v) is 6.91. The molecule has 0 heterocycles. The molecule has 0 radical (unpaired) electrons. The van der Waals surface area contributed by atoms with Gasteiger partial charge in [-0.3, -0.25) is 10.1 Å². The van der Waals surface area contributed by atoms with Crippen molar-refractivity contribution in [3.05, 3.63) is 68.9 Å². The average molecular weight is 313 g/mol. The van der Waals surface area contributed by atoms with Gasteiger partial charge in [-0.2, -0.15) is 4.39 Å². The molecule has 0 fully saturated rings. The summed E-state index contributed by atoms with van der Waals surface area (Å²) in [6.45, 7) is 0. The molecule has 0 atom stereocenters. The maximum absolute atomic E-state index is 13.1. The first kappa shape index (κ1) is 14.9. The van der Waals surface area contributed by atoms with Crippen LogP contribution >= 0.6 is 0 Å². The Labute approximate surface area is 118 Å². The monoisotopic (exact) mass is 313 g/mol. The van der Waals surface area contributed by atoms with E-state index in [1.807, 2.05) is 0 Å². The van der Waals surface area contributed by atoms with Crippen LogP contribution in [0, 0.1) is 21.7 Å². The summed E-state index contributed by atoms with van der Waals surface area (Å²) in [5, 5.41) is 10.6. The maximum atomic E-state index is 13.1. The van der Waals surface area contributed by atoms with E-state index in [1.54, 1.807) is 0 Å². The number of hydrogen-bond donors (Lipinski definition) is 0. The largest absolute Gasteiger partial charge is 0.573 e. The fourth-order valence-corrected chi connectivity index (χ4v) is 2.47. The number of rotatable bonds is 4. The highest BCUT2D eigenvalue weighted by Gasteiger charge is 2.13. The molecule has 9 heteroatoms. The predicted molar refractivity (Wildman–Crippen MR) is 69.7 cm³/mol. The quantitative estimate of drug-likeness (QED) is 0.639. The second-order valence-electron chi connectivity index (χ2n) is 3.91. The molecule has 0 bridgehead atoms. The van der Waals surface area contributed by atoms with Crippen LogP contribution < -0.4 is 0 Å². The normalized spacial score (nSPS) is 11.1. The van der Waals surface area contributed by atoms with Gasteiger partial charge >= 0.3 is 5.69 Å². The van der Waals surface area contributed by atoms with Crippen LogP contribution in [0.25, 0.3) is 4.72 Å². The summed E-state index contributed by atoms with van der Waals surface area (Å²) in [5.41, 5.74) is -1.18. The molecule has 2 aromatic rings. The molecule has 0 aliphatic heterocycles. The number of sulfonamides is 1. The van der Waals surface area contributed by atoms with Gasteiger partial charge in [0.1, 0.15) is 15.8 Å². The molecule has 0 aromatic heterocycles. The molecule has 2 aromatic carbocycles. The molecule has 0 amide bonds. The second-order valence-corrected chi connectivity index (χ2v) is 5.52. The predicted octanol–water partition coefficient (Wildman–Crippen LogP) is 3.27. The van der Waals surface area contributed by atoms with Gasteiger partial charge in [0, 0.05) is 6.07 Å². The van der Waals surface area contributed by atoms with E-state index >= 15 is 0 Å². The van der Waals surface area contributed by atoms with E-state index in [0.717, 1.165) is 36.4 Å². The topological polar surface area (TPSA) is 91.4 Å². The van der Waals surface area contributed by atoms with Crippen LogP contribution in [0.4, 0.5) is 20.2 Å². The molecule has 0 saturated heterocycles. The summed E-state index contributed by atoms with van der Waals surface area (Å²) in [4.78, 5) is 9.31. The molecule has 21 heavy (non-hydrogen) atoms. The third-order valence-electron chi connectivity index (χ3n) is 2.46. The van der Waals surface area contributed by atoms with E-state index in [-0.39, 0.29) is 10.6 Å². The van der Waals surface area contributed by atoms with Crippen molar-refractivity contribution in [3.63, 3.8) is 0 Å². The molecular weight excluding hydrogens is 306 g/mol. The summed E-state index contributed by atoms with van der Waals surface area (Å²) in [6, 6.07) is 6.33. The van der Waals surface area contributed by atoms with Crippen molar-refractivity contribution in [2.24, 2.45) is 0 Å². The van der Waals surface area contributed by atoms with Gasteiger partial charge in [0.2, 0.25) is 0 Å². The lowest BCUT2D eigenvalue weighted by atomic mass is 10.3. The van der Waals surface area contributed by atoms with Gasteiger partial charge < -0.3 is 4.72 Å². The van der Waals surface area contributed by atoms with Crippen molar-refractivity contribution < 1.29 is 22.1 Å². The van der Waals surface area contributed by atoms with Crippen molar-refractivity contribution in [2.75, 3.05) is 0 Å². The van der Waals surface area contributed by atoms with E-state index in [4.69, 9.17) is 0 Å². The highest BCUT2D eigenvalue weighted by atomic mass is 32.2. The van der Waals surface area contributed by atoms with E-state index < -0.39 is 32.3 Å². The Hall–Kier alpha value is -2.55. The van der Waals surface area contributed by atoms with Crippen molar-refractivity contribution in [2.45, 2.75) is 4.90 Å². The van der Waals surface area contributed by atoms with Crippen molar-refractivity contribution in [3.8, 4) is 0 Å². The Morgan fingerprint density at radius 1 is 1.05 bits per heavy atom. The number of nitrogens with zero attached hydrogens (tertiary/aromatic N) is 2. The fourth-order valence-electron chi connectivity index (χ4n) is 1.50. The molecular formula is C12H7F2N2O4S-. The van der Waals surface area contributed by atoms with Gasteiger partial charge in [0.15, 0.2) is 5.82 Å². The Balaban J connectivity index is 2.35. The summed E-state index contributed by atoms with van der Waals surface area (Å²) >= 11 is 0. The Morgan fingerprint density at radius 3 is 2.24 bits per heavy atom. The summed E-state index contributed by atoms with van der Waals surface area (Å²) in [6.07, 6.45) is 0. The molecule has 0 saturated carbocycles. The Kier molecular flexibility index (Phi) is 3.85. The second kappa shape index (κ2) is 5.44. The van der Waals surface area contributed by atoms with Crippen LogP contribution in [-0.4, -0.2) is 13.3 Å². The first-order chi connectivity index (χ1) is 9.79. The Morgan fingerprint density at radius 2 is 1.67 bits per heavy atom. The van der Waals surface area contributed by atoms with Crippen molar-refractivity contribution in [1.82, 2.24) is 0 Å². The molecule has 2 rings (SSSR count). The minimum absolute atomic E-state index is 0.282. The molecule has 0 aliphatic carbocycles. The van der Waals surface area contributed by atoms with Gasteiger partial charge in [-0.15, -0.1) is 5.69 Å².